The third kappa shape index (κ3) is 2.36. The molecule has 0 aliphatic carbocycles. The van der Waals surface area contributed by atoms with E-state index in [2.05, 4.69) is 4.90 Å². The average molecular weight is 245 g/mol. The molecule has 1 aliphatic rings. The van der Waals surface area contributed by atoms with E-state index in [1.807, 2.05) is 37.4 Å². The second kappa shape index (κ2) is 5.02. The molecule has 0 aromatic heterocycles. The predicted molar refractivity (Wildman–Crippen MR) is 70.4 cm³/mol. The molecule has 2 rings (SSSR count). The van der Waals surface area contributed by atoms with Gasteiger partial charge in [-0.2, -0.15) is 0 Å². The number of carbonyl (C=O) groups is 2. The van der Waals surface area contributed by atoms with Crippen LogP contribution in [-0.4, -0.2) is 36.6 Å². The molecule has 1 atom stereocenters. The van der Waals surface area contributed by atoms with Crippen LogP contribution in [0.1, 0.15) is 18.9 Å². The summed E-state index contributed by atoms with van der Waals surface area (Å²) < 4.78 is 0. The van der Waals surface area contributed by atoms with Crippen molar-refractivity contribution in [3.05, 3.63) is 35.9 Å². The van der Waals surface area contributed by atoms with Gasteiger partial charge in [-0.25, -0.2) is 0 Å². The van der Waals surface area contributed by atoms with Gasteiger partial charge in [0.1, 0.15) is 17.0 Å². The first kappa shape index (κ1) is 13.0. The molecule has 0 saturated carbocycles. The van der Waals surface area contributed by atoms with Crippen LogP contribution in [0.3, 0.4) is 0 Å². The Hall–Kier alpha value is -1.48. The minimum absolute atomic E-state index is 0.0112. The summed E-state index contributed by atoms with van der Waals surface area (Å²) in [5, 5.41) is 0. The predicted octanol–water partition coefficient (Wildman–Crippen LogP) is 1.71. The van der Waals surface area contributed by atoms with Gasteiger partial charge in [-0.05, 0) is 26.0 Å². The molecule has 0 bridgehead atoms. The monoisotopic (exact) mass is 245 g/mol. The highest BCUT2D eigenvalue weighted by Crippen LogP contribution is 2.31. The molecule has 1 aromatic rings. The van der Waals surface area contributed by atoms with E-state index in [0.29, 0.717) is 19.4 Å². The van der Waals surface area contributed by atoms with Crippen molar-refractivity contribution in [3.8, 4) is 0 Å². The van der Waals surface area contributed by atoms with E-state index >= 15 is 0 Å². The Labute approximate surface area is 108 Å². The van der Waals surface area contributed by atoms with Crippen LogP contribution >= 0.6 is 0 Å². The fraction of sp³-hybridized carbons (Fsp3) is 0.467. The van der Waals surface area contributed by atoms with Gasteiger partial charge in [-0.1, -0.05) is 30.3 Å². The number of Topliss-reactive ketones (excluding diaryl/α,β-unsaturated/α-hetero) is 2. The van der Waals surface area contributed by atoms with Gasteiger partial charge < -0.3 is 4.90 Å². The van der Waals surface area contributed by atoms with Crippen molar-refractivity contribution in [1.82, 2.24) is 4.90 Å². The zero-order chi connectivity index (χ0) is 13.2. The third-order valence-electron chi connectivity index (χ3n) is 3.82. The normalized spacial score (nSPS) is 25.1. The highest BCUT2D eigenvalue weighted by atomic mass is 16.2. The van der Waals surface area contributed by atoms with E-state index in [1.165, 1.54) is 0 Å². The van der Waals surface area contributed by atoms with Crippen molar-refractivity contribution in [2.45, 2.75) is 19.8 Å². The SMILES string of the molecule is CC(=O)C1(Cc2ccccc2)CN(C)CCC1=O. The van der Waals surface area contributed by atoms with Gasteiger partial charge in [0.15, 0.2) is 0 Å². The molecule has 1 saturated heterocycles. The van der Waals surface area contributed by atoms with Gasteiger partial charge in [0.05, 0.1) is 0 Å². The second-order valence-corrected chi connectivity index (χ2v) is 5.21. The molecule has 18 heavy (non-hydrogen) atoms. The number of hydrogen-bond donors (Lipinski definition) is 0. The van der Waals surface area contributed by atoms with E-state index < -0.39 is 5.41 Å². The lowest BCUT2D eigenvalue weighted by molar-refractivity contribution is -0.143. The number of benzene rings is 1. The van der Waals surface area contributed by atoms with Crippen LogP contribution in [0.5, 0.6) is 0 Å². The lowest BCUT2D eigenvalue weighted by Gasteiger charge is -2.38. The molecule has 0 spiro atoms. The molecule has 0 amide bonds. The molecular weight excluding hydrogens is 226 g/mol. The maximum Gasteiger partial charge on any atom is 0.149 e. The Morgan fingerprint density at radius 1 is 1.33 bits per heavy atom. The summed E-state index contributed by atoms with van der Waals surface area (Å²) in [5.74, 6) is 0.0832. The van der Waals surface area contributed by atoms with Crippen molar-refractivity contribution >= 4 is 11.6 Å². The van der Waals surface area contributed by atoms with Crippen molar-refractivity contribution in [2.24, 2.45) is 5.41 Å². The summed E-state index contributed by atoms with van der Waals surface area (Å²) >= 11 is 0. The molecule has 1 aromatic carbocycles. The fourth-order valence-electron chi connectivity index (χ4n) is 2.69. The highest BCUT2D eigenvalue weighted by Gasteiger charge is 2.45. The zero-order valence-corrected chi connectivity index (χ0v) is 11.0. The van der Waals surface area contributed by atoms with Crippen molar-refractivity contribution in [3.63, 3.8) is 0 Å². The summed E-state index contributed by atoms with van der Waals surface area (Å²) in [6, 6.07) is 9.79. The summed E-state index contributed by atoms with van der Waals surface area (Å²) in [4.78, 5) is 26.4. The van der Waals surface area contributed by atoms with E-state index in [9.17, 15) is 9.59 Å². The quantitative estimate of drug-likeness (QED) is 0.761. The van der Waals surface area contributed by atoms with Gasteiger partial charge in [0, 0.05) is 19.5 Å². The van der Waals surface area contributed by atoms with Crippen molar-refractivity contribution in [1.29, 1.82) is 0 Å². The maximum absolute atomic E-state index is 12.3. The minimum Gasteiger partial charge on any atom is -0.304 e. The molecule has 1 heterocycles. The van der Waals surface area contributed by atoms with Crippen LogP contribution in [0, 0.1) is 5.41 Å². The molecule has 0 N–H and O–H groups in total. The summed E-state index contributed by atoms with van der Waals surface area (Å²) in [6.07, 6.45) is 0.995. The minimum atomic E-state index is -0.839. The lowest BCUT2D eigenvalue weighted by Crippen LogP contribution is -2.53. The fourth-order valence-corrected chi connectivity index (χ4v) is 2.69. The number of nitrogens with zero attached hydrogens (tertiary/aromatic N) is 1. The summed E-state index contributed by atoms with van der Waals surface area (Å²) in [5.41, 5.74) is 0.213. The van der Waals surface area contributed by atoms with Crippen molar-refractivity contribution in [2.75, 3.05) is 20.1 Å². The van der Waals surface area contributed by atoms with Gasteiger partial charge in [0.25, 0.3) is 0 Å². The highest BCUT2D eigenvalue weighted by molar-refractivity contribution is 6.07. The number of ketones is 2. The van der Waals surface area contributed by atoms with Gasteiger partial charge >= 0.3 is 0 Å². The topological polar surface area (TPSA) is 37.4 Å². The molecular formula is C15H19NO2. The smallest absolute Gasteiger partial charge is 0.149 e. The van der Waals surface area contributed by atoms with E-state index in [0.717, 1.165) is 12.1 Å². The van der Waals surface area contributed by atoms with Gasteiger partial charge in [-0.15, -0.1) is 0 Å². The Morgan fingerprint density at radius 3 is 2.61 bits per heavy atom. The Morgan fingerprint density at radius 2 is 2.00 bits per heavy atom. The first-order valence-electron chi connectivity index (χ1n) is 6.31. The lowest BCUT2D eigenvalue weighted by atomic mass is 9.71. The number of rotatable bonds is 3. The molecule has 1 unspecified atom stereocenters. The van der Waals surface area contributed by atoms with Crippen LogP contribution in [0.4, 0.5) is 0 Å². The van der Waals surface area contributed by atoms with E-state index in [-0.39, 0.29) is 11.6 Å². The van der Waals surface area contributed by atoms with Crippen molar-refractivity contribution < 1.29 is 9.59 Å². The van der Waals surface area contributed by atoms with Crippen LogP contribution in [0.25, 0.3) is 0 Å². The molecule has 1 aliphatic heterocycles. The van der Waals surface area contributed by atoms with Crippen LogP contribution in [-0.2, 0) is 16.0 Å². The average Bonchev–Trinajstić information content (AvgIpc) is 2.35. The Balaban J connectivity index is 2.32. The van der Waals surface area contributed by atoms with Crippen LogP contribution in [0.2, 0.25) is 0 Å². The third-order valence-corrected chi connectivity index (χ3v) is 3.82. The first-order chi connectivity index (χ1) is 8.54. The van der Waals surface area contributed by atoms with Crippen LogP contribution in [0.15, 0.2) is 30.3 Å². The Bertz CT molecular complexity index is 455. The summed E-state index contributed by atoms with van der Waals surface area (Å²) in [6.45, 7) is 2.83. The van der Waals surface area contributed by atoms with Gasteiger partial charge in [0.2, 0.25) is 0 Å². The van der Waals surface area contributed by atoms with E-state index in [4.69, 9.17) is 0 Å². The summed E-state index contributed by atoms with van der Waals surface area (Å²) in [7, 11) is 1.97. The largest absolute Gasteiger partial charge is 0.304 e. The second-order valence-electron chi connectivity index (χ2n) is 5.21. The number of piperidine rings is 1. The molecule has 1 fully saturated rings. The molecule has 3 heteroatoms. The Kier molecular flexibility index (Phi) is 3.62. The molecule has 0 radical (unpaired) electrons. The number of carbonyl (C=O) groups excluding carboxylic acids is 2. The number of likely N-dealkylation sites (tertiary alicyclic amines) is 1. The zero-order valence-electron chi connectivity index (χ0n) is 11.0. The first-order valence-corrected chi connectivity index (χ1v) is 6.31. The molecule has 3 nitrogen and oxygen atoms in total. The standard InChI is InChI=1S/C15H19NO2/c1-12(17)15(10-13-6-4-3-5-7-13)11-16(2)9-8-14(15)18/h3-7H,8-11H2,1-2H3. The maximum atomic E-state index is 12.3. The van der Waals surface area contributed by atoms with E-state index in [1.54, 1.807) is 6.92 Å². The van der Waals surface area contributed by atoms with Gasteiger partial charge in [-0.3, -0.25) is 9.59 Å². The van der Waals surface area contributed by atoms with Crippen LogP contribution < -0.4 is 0 Å². The number of hydrogen-bond acceptors (Lipinski definition) is 3. The molecule has 96 valence electrons.